The first-order valence-corrected chi connectivity index (χ1v) is 9.97. The summed E-state index contributed by atoms with van der Waals surface area (Å²) >= 11 is 12.5. The molecule has 1 fully saturated rings. The zero-order valence-corrected chi connectivity index (χ0v) is 17.2. The van der Waals surface area contributed by atoms with Crippen LogP contribution in [0.4, 0.5) is 11.5 Å². The first-order chi connectivity index (χ1) is 14.0. The fourth-order valence-electron chi connectivity index (χ4n) is 3.54. The Kier molecular flexibility index (Phi) is 5.64. The largest absolute Gasteiger partial charge is 0.355 e. The van der Waals surface area contributed by atoms with Crippen molar-refractivity contribution in [3.05, 3.63) is 53.0 Å². The average Bonchev–Trinajstić information content (AvgIpc) is 3.23. The topological polar surface area (TPSA) is 88.8 Å². The number of pyridine rings is 2. The minimum absolute atomic E-state index is 0.0490. The third kappa shape index (κ3) is 4.18. The number of hydrogen-bond donors (Lipinski definition) is 1. The Bertz CT molecular complexity index is 1010. The molecule has 1 aliphatic heterocycles. The SMILES string of the molecule is C[C@H]1CN(c2ncccc2Cl)CC[C@@H]1C(=O)Nc1cnc(-n2nccn2)c(Cl)c1. The molecule has 4 rings (SSSR count). The van der Waals surface area contributed by atoms with E-state index in [1.54, 1.807) is 30.9 Å². The number of carbonyl (C=O) groups is 1. The molecule has 1 saturated heterocycles. The maximum Gasteiger partial charge on any atom is 0.227 e. The molecule has 10 heteroatoms. The van der Waals surface area contributed by atoms with Gasteiger partial charge in [0.15, 0.2) is 5.82 Å². The predicted molar refractivity (Wildman–Crippen MR) is 112 cm³/mol. The van der Waals surface area contributed by atoms with E-state index in [0.29, 0.717) is 41.1 Å². The quantitative estimate of drug-likeness (QED) is 0.679. The van der Waals surface area contributed by atoms with E-state index in [1.165, 1.54) is 4.80 Å². The van der Waals surface area contributed by atoms with E-state index >= 15 is 0 Å². The number of piperidine rings is 1. The van der Waals surface area contributed by atoms with Crippen molar-refractivity contribution in [3.8, 4) is 5.82 Å². The van der Waals surface area contributed by atoms with Gasteiger partial charge in [0.25, 0.3) is 0 Å². The van der Waals surface area contributed by atoms with E-state index in [9.17, 15) is 4.79 Å². The molecule has 0 unspecified atom stereocenters. The molecule has 4 heterocycles. The fourth-order valence-corrected chi connectivity index (χ4v) is 4.03. The van der Waals surface area contributed by atoms with Gasteiger partial charge < -0.3 is 10.2 Å². The molecule has 150 valence electrons. The number of carbonyl (C=O) groups excluding carboxylic acids is 1. The highest BCUT2D eigenvalue weighted by atomic mass is 35.5. The van der Waals surface area contributed by atoms with Gasteiger partial charge >= 0.3 is 0 Å². The Morgan fingerprint density at radius 3 is 2.62 bits per heavy atom. The van der Waals surface area contributed by atoms with Gasteiger partial charge in [0.05, 0.1) is 34.3 Å². The van der Waals surface area contributed by atoms with Crippen molar-refractivity contribution in [2.75, 3.05) is 23.3 Å². The number of nitrogens with zero attached hydrogens (tertiary/aromatic N) is 6. The molecular weight excluding hydrogens is 413 g/mol. The van der Waals surface area contributed by atoms with Gasteiger partial charge in [0, 0.05) is 25.2 Å². The molecule has 0 saturated carbocycles. The second-order valence-corrected chi connectivity index (χ2v) is 7.78. The monoisotopic (exact) mass is 431 g/mol. The van der Waals surface area contributed by atoms with Crippen LogP contribution in [0.2, 0.25) is 10.0 Å². The van der Waals surface area contributed by atoms with Gasteiger partial charge in [-0.1, -0.05) is 30.1 Å². The predicted octanol–water partition coefficient (Wildman–Crippen LogP) is 3.47. The van der Waals surface area contributed by atoms with Crippen LogP contribution in [0.3, 0.4) is 0 Å². The number of rotatable bonds is 4. The van der Waals surface area contributed by atoms with E-state index in [0.717, 1.165) is 5.82 Å². The standard InChI is InChI=1S/C19H19Cl2N7O/c1-12-11-27(17-15(20)3-2-5-22-17)8-4-14(12)19(29)26-13-9-16(21)18(23-10-13)28-24-6-7-25-28/h2-3,5-7,9-10,12,14H,4,8,11H2,1H3,(H,26,29)/t12-,14-/m0/s1. The Labute approximate surface area is 177 Å². The Morgan fingerprint density at radius 2 is 1.93 bits per heavy atom. The van der Waals surface area contributed by atoms with E-state index in [-0.39, 0.29) is 17.7 Å². The first kappa shape index (κ1) is 19.6. The minimum Gasteiger partial charge on any atom is -0.355 e. The lowest BCUT2D eigenvalue weighted by Crippen LogP contribution is -2.44. The van der Waals surface area contributed by atoms with Crippen LogP contribution >= 0.6 is 23.2 Å². The van der Waals surface area contributed by atoms with Gasteiger partial charge in [-0.05, 0) is 30.5 Å². The molecule has 2 atom stereocenters. The van der Waals surface area contributed by atoms with Crippen LogP contribution in [0.25, 0.3) is 5.82 Å². The number of hydrogen-bond acceptors (Lipinski definition) is 6. The van der Waals surface area contributed by atoms with E-state index in [4.69, 9.17) is 23.2 Å². The first-order valence-electron chi connectivity index (χ1n) is 9.21. The van der Waals surface area contributed by atoms with Crippen LogP contribution in [0.1, 0.15) is 13.3 Å². The smallest absolute Gasteiger partial charge is 0.227 e. The molecule has 0 aliphatic carbocycles. The van der Waals surface area contributed by atoms with Crippen molar-refractivity contribution >= 4 is 40.6 Å². The second kappa shape index (κ2) is 8.34. The summed E-state index contributed by atoms with van der Waals surface area (Å²) in [6.07, 6.45) is 7.06. The molecule has 0 spiro atoms. The molecule has 8 nitrogen and oxygen atoms in total. The maximum atomic E-state index is 12.8. The maximum absolute atomic E-state index is 12.8. The van der Waals surface area contributed by atoms with Gasteiger partial charge in [0.1, 0.15) is 5.82 Å². The van der Waals surface area contributed by atoms with Gasteiger partial charge in [-0.3, -0.25) is 4.79 Å². The molecule has 3 aromatic heterocycles. The molecular formula is C19H19Cl2N7O. The van der Waals surface area contributed by atoms with Crippen LogP contribution in [-0.4, -0.2) is 44.0 Å². The van der Waals surface area contributed by atoms with E-state index in [1.807, 2.05) is 12.1 Å². The summed E-state index contributed by atoms with van der Waals surface area (Å²) in [6.45, 7) is 3.48. The summed E-state index contributed by atoms with van der Waals surface area (Å²) in [5, 5.41) is 11.9. The number of halogens is 2. The Morgan fingerprint density at radius 1 is 1.14 bits per heavy atom. The average molecular weight is 432 g/mol. The van der Waals surface area contributed by atoms with Crippen LogP contribution in [0.5, 0.6) is 0 Å². The highest BCUT2D eigenvalue weighted by molar-refractivity contribution is 6.33. The highest BCUT2D eigenvalue weighted by Crippen LogP contribution is 2.31. The van der Waals surface area contributed by atoms with E-state index < -0.39 is 0 Å². The number of amides is 1. The Balaban J connectivity index is 1.42. The lowest BCUT2D eigenvalue weighted by atomic mass is 9.86. The second-order valence-electron chi connectivity index (χ2n) is 6.96. The van der Waals surface area contributed by atoms with Crippen molar-refractivity contribution in [2.45, 2.75) is 13.3 Å². The van der Waals surface area contributed by atoms with Gasteiger partial charge in [-0.2, -0.15) is 10.2 Å². The van der Waals surface area contributed by atoms with Crippen LogP contribution < -0.4 is 10.2 Å². The van der Waals surface area contributed by atoms with Crippen LogP contribution in [0.15, 0.2) is 43.0 Å². The zero-order chi connectivity index (χ0) is 20.4. The number of anilines is 2. The summed E-state index contributed by atoms with van der Waals surface area (Å²) in [4.78, 5) is 24.9. The van der Waals surface area contributed by atoms with Gasteiger partial charge in [-0.15, -0.1) is 4.80 Å². The molecule has 1 aliphatic rings. The van der Waals surface area contributed by atoms with E-state index in [2.05, 4.69) is 37.3 Å². The summed E-state index contributed by atoms with van der Waals surface area (Å²) in [7, 11) is 0. The summed E-state index contributed by atoms with van der Waals surface area (Å²) in [6, 6.07) is 5.29. The lowest BCUT2D eigenvalue weighted by molar-refractivity contribution is -0.121. The fraction of sp³-hybridized carbons (Fsp3) is 0.316. The molecule has 3 aromatic rings. The third-order valence-corrected chi connectivity index (χ3v) is 5.55. The van der Waals surface area contributed by atoms with Crippen molar-refractivity contribution in [1.82, 2.24) is 25.0 Å². The summed E-state index contributed by atoms with van der Waals surface area (Å²) in [5.41, 5.74) is 0.540. The summed E-state index contributed by atoms with van der Waals surface area (Å²) < 4.78 is 0. The lowest BCUT2D eigenvalue weighted by Gasteiger charge is -2.37. The molecule has 0 radical (unpaired) electrons. The third-order valence-electron chi connectivity index (χ3n) is 4.98. The van der Waals surface area contributed by atoms with Crippen molar-refractivity contribution < 1.29 is 4.79 Å². The number of nitrogens with one attached hydrogen (secondary N) is 1. The molecule has 1 amide bonds. The van der Waals surface area contributed by atoms with Gasteiger partial charge in [-0.25, -0.2) is 9.97 Å². The van der Waals surface area contributed by atoms with Crippen LogP contribution in [0, 0.1) is 11.8 Å². The summed E-state index contributed by atoms with van der Waals surface area (Å²) in [5.74, 6) is 1.13. The normalized spacial score (nSPS) is 19.2. The highest BCUT2D eigenvalue weighted by Gasteiger charge is 2.32. The molecule has 1 N–H and O–H groups in total. The zero-order valence-electron chi connectivity index (χ0n) is 15.7. The molecule has 29 heavy (non-hydrogen) atoms. The van der Waals surface area contributed by atoms with Crippen molar-refractivity contribution in [2.24, 2.45) is 11.8 Å². The Hall–Kier alpha value is -2.71. The van der Waals surface area contributed by atoms with Crippen LogP contribution in [-0.2, 0) is 4.79 Å². The number of aromatic nitrogens is 5. The molecule has 0 bridgehead atoms. The van der Waals surface area contributed by atoms with Crippen molar-refractivity contribution in [1.29, 1.82) is 0 Å². The van der Waals surface area contributed by atoms with Crippen molar-refractivity contribution in [3.63, 3.8) is 0 Å². The minimum atomic E-state index is -0.125. The molecule has 0 aromatic carbocycles. The van der Waals surface area contributed by atoms with Gasteiger partial charge in [0.2, 0.25) is 5.91 Å².